The lowest BCUT2D eigenvalue weighted by atomic mass is 9.80. The number of hydrogen-bond acceptors (Lipinski definition) is 7. The van der Waals surface area contributed by atoms with Gasteiger partial charge in [0.05, 0.1) is 38.9 Å². The summed E-state index contributed by atoms with van der Waals surface area (Å²) in [5.41, 5.74) is 2.77. The van der Waals surface area contributed by atoms with E-state index >= 15 is 0 Å². The molecule has 2 aromatic carbocycles. The van der Waals surface area contributed by atoms with Crippen LogP contribution in [0.4, 0.5) is 19.4 Å². The number of cyclic esters (lactones) is 1. The highest BCUT2D eigenvalue weighted by Crippen LogP contribution is 2.40. The minimum atomic E-state index is -0.846. The lowest BCUT2D eigenvalue weighted by Gasteiger charge is -2.33. The molecule has 2 aliphatic rings. The van der Waals surface area contributed by atoms with E-state index in [1.165, 1.54) is 24.1 Å². The molecule has 42 heavy (non-hydrogen) atoms. The highest BCUT2D eigenvalue weighted by atomic mass is 19.1. The standard InChI is InChI=1S/C32H35F2N3O5/c1-19-30(20-13-22(33)16-23(34)14-20)42-31(39)37(19)18-26-24(8-10-28(35-26)36-11-6-12-36)25-15-21(7-9-27(25)40-4)32(2,3)17-29(38)41-5/h7-10,13-16,19,30H,6,11-12,17-18H2,1-5H3/t19?,30-/m0/s1. The van der Waals surface area contributed by atoms with Crippen molar-refractivity contribution in [2.45, 2.75) is 57.7 Å². The number of benzene rings is 2. The van der Waals surface area contributed by atoms with Crippen LogP contribution >= 0.6 is 0 Å². The van der Waals surface area contributed by atoms with Gasteiger partial charge < -0.3 is 19.1 Å². The molecule has 0 radical (unpaired) electrons. The van der Waals surface area contributed by atoms with Crippen LogP contribution in [0.2, 0.25) is 0 Å². The van der Waals surface area contributed by atoms with Crippen molar-refractivity contribution < 1.29 is 32.6 Å². The Labute approximate surface area is 244 Å². The Bertz CT molecular complexity index is 1490. The molecule has 10 heteroatoms. The first-order chi connectivity index (χ1) is 20.0. The zero-order chi connectivity index (χ0) is 30.2. The molecule has 5 rings (SSSR count). The Morgan fingerprint density at radius 1 is 1.05 bits per heavy atom. The van der Waals surface area contributed by atoms with Crippen LogP contribution in [0, 0.1) is 11.6 Å². The number of halogens is 2. The molecule has 0 aliphatic carbocycles. The average molecular weight is 580 g/mol. The summed E-state index contributed by atoms with van der Waals surface area (Å²) in [5.74, 6) is -0.379. The maximum Gasteiger partial charge on any atom is 0.411 e. The number of carbonyl (C=O) groups is 2. The number of esters is 1. The fourth-order valence-corrected chi connectivity index (χ4v) is 5.51. The Hall–Kier alpha value is -4.21. The molecule has 2 aliphatic heterocycles. The predicted octanol–water partition coefficient (Wildman–Crippen LogP) is 6.17. The quantitative estimate of drug-likeness (QED) is 0.281. The minimum Gasteiger partial charge on any atom is -0.496 e. The maximum atomic E-state index is 14.0. The van der Waals surface area contributed by atoms with E-state index in [-0.39, 0.29) is 24.5 Å². The first-order valence-corrected chi connectivity index (χ1v) is 13.9. The van der Waals surface area contributed by atoms with Gasteiger partial charge in [0.1, 0.15) is 29.3 Å². The Balaban J connectivity index is 1.54. The average Bonchev–Trinajstić information content (AvgIpc) is 3.19. The first-order valence-electron chi connectivity index (χ1n) is 13.9. The summed E-state index contributed by atoms with van der Waals surface area (Å²) in [6, 6.07) is 12.3. The van der Waals surface area contributed by atoms with Gasteiger partial charge in [-0.2, -0.15) is 0 Å². The molecule has 3 aromatic rings. The van der Waals surface area contributed by atoms with E-state index in [4.69, 9.17) is 19.2 Å². The van der Waals surface area contributed by atoms with Gasteiger partial charge in [-0.3, -0.25) is 9.69 Å². The van der Waals surface area contributed by atoms with Gasteiger partial charge in [0, 0.05) is 41.3 Å². The molecule has 1 aromatic heterocycles. The van der Waals surface area contributed by atoms with Crippen LogP contribution in [0.5, 0.6) is 5.75 Å². The zero-order valence-electron chi connectivity index (χ0n) is 24.4. The number of ether oxygens (including phenoxy) is 3. The maximum absolute atomic E-state index is 14.0. The molecule has 3 heterocycles. The van der Waals surface area contributed by atoms with Crippen LogP contribution in [-0.4, -0.2) is 55.3 Å². The number of anilines is 1. The van der Waals surface area contributed by atoms with Crippen molar-refractivity contribution >= 4 is 17.9 Å². The van der Waals surface area contributed by atoms with Crippen molar-refractivity contribution in [3.05, 3.63) is 77.0 Å². The van der Waals surface area contributed by atoms with Crippen molar-refractivity contribution in [1.29, 1.82) is 0 Å². The molecule has 2 fully saturated rings. The number of nitrogens with zero attached hydrogens (tertiary/aromatic N) is 3. The highest BCUT2D eigenvalue weighted by molar-refractivity contribution is 5.77. The Morgan fingerprint density at radius 3 is 2.38 bits per heavy atom. The van der Waals surface area contributed by atoms with Crippen LogP contribution in [-0.2, 0) is 26.2 Å². The third kappa shape index (κ3) is 5.75. The molecule has 8 nitrogen and oxygen atoms in total. The summed E-state index contributed by atoms with van der Waals surface area (Å²) < 4.78 is 44.2. The van der Waals surface area contributed by atoms with Crippen LogP contribution < -0.4 is 9.64 Å². The lowest BCUT2D eigenvalue weighted by molar-refractivity contribution is -0.141. The number of hydrogen-bond donors (Lipinski definition) is 0. The van der Waals surface area contributed by atoms with Gasteiger partial charge >= 0.3 is 12.1 Å². The van der Waals surface area contributed by atoms with E-state index < -0.39 is 35.3 Å². The molecule has 0 bridgehead atoms. The second kappa shape index (κ2) is 11.6. The number of methoxy groups -OCH3 is 2. The van der Waals surface area contributed by atoms with Gasteiger partial charge in [-0.25, -0.2) is 18.6 Å². The van der Waals surface area contributed by atoms with E-state index in [0.29, 0.717) is 11.4 Å². The van der Waals surface area contributed by atoms with Crippen molar-refractivity contribution in [3.63, 3.8) is 0 Å². The third-order valence-electron chi connectivity index (χ3n) is 8.15. The van der Waals surface area contributed by atoms with Gasteiger partial charge in [0.2, 0.25) is 0 Å². The van der Waals surface area contributed by atoms with Crippen LogP contribution in [0.3, 0.4) is 0 Å². The number of amides is 1. The minimum absolute atomic E-state index is 0.101. The molecule has 2 saturated heterocycles. The van der Waals surface area contributed by atoms with Gasteiger partial charge in [-0.15, -0.1) is 0 Å². The second-order valence-electron chi connectivity index (χ2n) is 11.4. The fraction of sp³-hybridized carbons (Fsp3) is 0.406. The van der Waals surface area contributed by atoms with Crippen molar-refractivity contribution in [2.24, 2.45) is 0 Å². The molecule has 1 amide bonds. The number of rotatable bonds is 9. The predicted molar refractivity (Wildman–Crippen MR) is 153 cm³/mol. The van der Waals surface area contributed by atoms with E-state index in [2.05, 4.69) is 4.90 Å². The van der Waals surface area contributed by atoms with Gasteiger partial charge in [-0.05, 0) is 55.3 Å². The summed E-state index contributed by atoms with van der Waals surface area (Å²) in [7, 11) is 2.96. The van der Waals surface area contributed by atoms with Crippen LogP contribution in [0.25, 0.3) is 11.1 Å². The fourth-order valence-electron chi connectivity index (χ4n) is 5.51. The van der Waals surface area contributed by atoms with E-state index in [0.717, 1.165) is 48.1 Å². The summed E-state index contributed by atoms with van der Waals surface area (Å²) in [4.78, 5) is 33.9. The number of pyridine rings is 1. The van der Waals surface area contributed by atoms with Crippen molar-refractivity contribution in [2.75, 3.05) is 32.2 Å². The van der Waals surface area contributed by atoms with Crippen molar-refractivity contribution in [1.82, 2.24) is 9.88 Å². The smallest absolute Gasteiger partial charge is 0.411 e. The van der Waals surface area contributed by atoms with E-state index in [1.54, 1.807) is 14.0 Å². The zero-order valence-corrected chi connectivity index (χ0v) is 24.4. The number of aromatic nitrogens is 1. The van der Waals surface area contributed by atoms with Crippen LogP contribution in [0.15, 0.2) is 48.5 Å². The van der Waals surface area contributed by atoms with E-state index in [9.17, 15) is 18.4 Å². The first kappa shape index (κ1) is 29.3. The molecular formula is C32H35F2N3O5. The largest absolute Gasteiger partial charge is 0.496 e. The molecular weight excluding hydrogens is 544 g/mol. The third-order valence-corrected chi connectivity index (χ3v) is 8.15. The van der Waals surface area contributed by atoms with Gasteiger partial charge in [-0.1, -0.05) is 19.9 Å². The topological polar surface area (TPSA) is 81.2 Å². The van der Waals surface area contributed by atoms with Gasteiger partial charge in [0.25, 0.3) is 0 Å². The van der Waals surface area contributed by atoms with Crippen molar-refractivity contribution in [3.8, 4) is 16.9 Å². The SMILES string of the molecule is COC(=O)CC(C)(C)c1ccc(OC)c(-c2ccc(N3CCC3)nc2CN2C(=O)O[C@H](c3cc(F)cc(F)c3)C2C)c1. The lowest BCUT2D eigenvalue weighted by Crippen LogP contribution is -2.38. The molecule has 0 N–H and O–H groups in total. The van der Waals surface area contributed by atoms with Gasteiger partial charge in [0.15, 0.2) is 0 Å². The summed E-state index contributed by atoms with van der Waals surface area (Å²) in [6.45, 7) is 7.61. The summed E-state index contributed by atoms with van der Waals surface area (Å²) in [5, 5.41) is 0. The molecule has 1 unspecified atom stereocenters. The normalized spacial score (nSPS) is 18.5. The molecule has 222 valence electrons. The highest BCUT2D eigenvalue weighted by Gasteiger charge is 2.41. The Morgan fingerprint density at radius 2 is 1.76 bits per heavy atom. The molecule has 0 spiro atoms. The van der Waals surface area contributed by atoms with Crippen LogP contribution in [0.1, 0.15) is 56.5 Å². The summed E-state index contributed by atoms with van der Waals surface area (Å²) >= 11 is 0. The number of carbonyl (C=O) groups excluding carboxylic acids is 2. The monoisotopic (exact) mass is 579 g/mol. The molecule has 0 saturated carbocycles. The molecule has 2 atom stereocenters. The second-order valence-corrected chi connectivity index (χ2v) is 11.4. The van der Waals surface area contributed by atoms with E-state index in [1.807, 2.05) is 44.2 Å². The Kier molecular flexibility index (Phi) is 8.08. The summed E-state index contributed by atoms with van der Waals surface area (Å²) in [6.07, 6.45) is -0.181.